The fraction of sp³-hybridized carbons (Fsp3) is 0.286. The van der Waals surface area contributed by atoms with E-state index < -0.39 is 0 Å². The number of rotatable bonds is 6. The van der Waals surface area contributed by atoms with Crippen molar-refractivity contribution < 1.29 is 19.0 Å². The van der Waals surface area contributed by atoms with E-state index in [0.717, 1.165) is 5.56 Å². The number of nitrogens with zero attached hydrogens (tertiary/aromatic N) is 4. The Morgan fingerprint density at radius 3 is 2.62 bits per heavy atom. The number of amides is 1. The summed E-state index contributed by atoms with van der Waals surface area (Å²) in [6.45, 7) is 1.05. The first kappa shape index (κ1) is 18.8. The molecule has 1 aliphatic heterocycles. The molecule has 0 atom stereocenters. The van der Waals surface area contributed by atoms with Crippen molar-refractivity contribution in [3.63, 3.8) is 0 Å². The molecule has 29 heavy (non-hydrogen) atoms. The summed E-state index contributed by atoms with van der Waals surface area (Å²) in [5, 5.41) is 4.51. The lowest BCUT2D eigenvalue weighted by Gasteiger charge is -2.38. The number of ether oxygens (including phenoxy) is 3. The van der Waals surface area contributed by atoms with Gasteiger partial charge in [-0.3, -0.25) is 14.5 Å². The predicted molar refractivity (Wildman–Crippen MR) is 106 cm³/mol. The van der Waals surface area contributed by atoms with Gasteiger partial charge in [0.15, 0.2) is 0 Å². The summed E-state index contributed by atoms with van der Waals surface area (Å²) >= 11 is 0. The Kier molecular flexibility index (Phi) is 5.07. The minimum Gasteiger partial charge on any atom is -0.497 e. The van der Waals surface area contributed by atoms with Gasteiger partial charge in [-0.1, -0.05) is 0 Å². The molecule has 0 radical (unpaired) electrons. The lowest BCUT2D eigenvalue weighted by Crippen LogP contribution is -2.56. The van der Waals surface area contributed by atoms with Crippen molar-refractivity contribution in [1.29, 1.82) is 0 Å². The number of carbonyl (C=O) groups excluding carboxylic acids is 1. The van der Waals surface area contributed by atoms with E-state index in [1.54, 1.807) is 49.3 Å². The number of likely N-dealkylation sites (tertiary alicyclic amines) is 1. The summed E-state index contributed by atoms with van der Waals surface area (Å²) in [6.07, 6.45) is 3.33. The summed E-state index contributed by atoms with van der Waals surface area (Å²) in [7, 11) is 4.96. The molecule has 2 aromatic heterocycles. The SMILES string of the molecule is COc1ccc(OC)c(-c2cc(C(=O)N3CC(Oc4cccnc4)C3)n(C)n2)c1. The van der Waals surface area contributed by atoms with E-state index in [1.165, 1.54) is 0 Å². The normalized spacial score (nSPS) is 13.7. The number of pyridine rings is 1. The van der Waals surface area contributed by atoms with Crippen molar-refractivity contribution >= 4 is 5.91 Å². The average molecular weight is 394 g/mol. The lowest BCUT2D eigenvalue weighted by molar-refractivity contribution is 0.0168. The highest BCUT2D eigenvalue weighted by Crippen LogP contribution is 2.33. The fourth-order valence-corrected chi connectivity index (χ4v) is 3.26. The fourth-order valence-electron chi connectivity index (χ4n) is 3.26. The number of benzene rings is 1. The Morgan fingerprint density at radius 2 is 1.93 bits per heavy atom. The number of aryl methyl sites for hydroxylation is 1. The van der Waals surface area contributed by atoms with Gasteiger partial charge in [0.2, 0.25) is 0 Å². The van der Waals surface area contributed by atoms with Gasteiger partial charge in [-0.2, -0.15) is 5.10 Å². The van der Waals surface area contributed by atoms with Crippen LogP contribution in [-0.2, 0) is 7.05 Å². The zero-order valence-corrected chi connectivity index (χ0v) is 16.5. The maximum absolute atomic E-state index is 12.9. The van der Waals surface area contributed by atoms with Crippen molar-refractivity contribution in [3.8, 4) is 28.5 Å². The molecular weight excluding hydrogens is 372 g/mol. The highest BCUT2D eigenvalue weighted by Gasteiger charge is 2.34. The highest BCUT2D eigenvalue weighted by molar-refractivity contribution is 5.94. The van der Waals surface area contributed by atoms with Gasteiger partial charge in [0.05, 0.1) is 39.2 Å². The molecule has 150 valence electrons. The van der Waals surface area contributed by atoms with Crippen LogP contribution in [0.1, 0.15) is 10.5 Å². The average Bonchev–Trinajstić information content (AvgIpc) is 3.11. The first-order valence-corrected chi connectivity index (χ1v) is 9.21. The van der Waals surface area contributed by atoms with Crippen LogP contribution < -0.4 is 14.2 Å². The zero-order chi connectivity index (χ0) is 20.4. The molecule has 1 saturated heterocycles. The van der Waals surface area contributed by atoms with Gasteiger partial charge in [0.1, 0.15) is 29.0 Å². The molecule has 0 saturated carbocycles. The van der Waals surface area contributed by atoms with Crippen LogP contribution in [-0.4, -0.2) is 59.0 Å². The van der Waals surface area contributed by atoms with Crippen molar-refractivity contribution in [2.75, 3.05) is 27.3 Å². The summed E-state index contributed by atoms with van der Waals surface area (Å²) < 4.78 is 18.1. The Labute approximate surface area is 168 Å². The van der Waals surface area contributed by atoms with Gasteiger partial charge in [0.25, 0.3) is 5.91 Å². The van der Waals surface area contributed by atoms with Crippen LogP contribution in [0.3, 0.4) is 0 Å². The topological polar surface area (TPSA) is 78.7 Å². The van der Waals surface area contributed by atoms with Crippen LogP contribution in [0.2, 0.25) is 0 Å². The van der Waals surface area contributed by atoms with Crippen molar-refractivity contribution in [3.05, 3.63) is 54.5 Å². The summed E-state index contributed by atoms with van der Waals surface area (Å²) in [4.78, 5) is 18.7. The summed E-state index contributed by atoms with van der Waals surface area (Å²) in [5.74, 6) is 1.98. The summed E-state index contributed by atoms with van der Waals surface area (Å²) in [5.41, 5.74) is 1.92. The standard InChI is InChI=1S/C21H22N4O4/c1-24-19(10-18(23-24)17-9-14(27-2)6-7-20(17)28-3)21(26)25-12-16(13-25)29-15-5-4-8-22-11-15/h4-11,16H,12-13H2,1-3H3. The minimum atomic E-state index is -0.0841. The molecule has 4 rings (SSSR count). The first-order chi connectivity index (χ1) is 14.1. The van der Waals surface area contributed by atoms with Crippen LogP contribution in [0.5, 0.6) is 17.2 Å². The molecule has 1 fully saturated rings. The van der Waals surface area contributed by atoms with Gasteiger partial charge < -0.3 is 19.1 Å². The quantitative estimate of drug-likeness (QED) is 0.639. The second-order valence-corrected chi connectivity index (χ2v) is 6.74. The molecule has 3 heterocycles. The van der Waals surface area contributed by atoms with E-state index in [2.05, 4.69) is 10.1 Å². The van der Waals surface area contributed by atoms with Gasteiger partial charge in [-0.05, 0) is 36.4 Å². The zero-order valence-electron chi connectivity index (χ0n) is 16.5. The second kappa shape index (κ2) is 7.83. The molecule has 0 spiro atoms. The largest absolute Gasteiger partial charge is 0.497 e. The predicted octanol–water partition coefficient (Wildman–Crippen LogP) is 2.40. The number of methoxy groups -OCH3 is 2. The van der Waals surface area contributed by atoms with Crippen LogP contribution >= 0.6 is 0 Å². The molecular formula is C21H22N4O4. The van der Waals surface area contributed by atoms with E-state index in [9.17, 15) is 4.79 Å². The molecule has 0 unspecified atom stereocenters. The van der Waals surface area contributed by atoms with Crippen molar-refractivity contribution in [2.45, 2.75) is 6.10 Å². The third-order valence-corrected chi connectivity index (χ3v) is 4.85. The van der Waals surface area contributed by atoms with Gasteiger partial charge in [0, 0.05) is 18.8 Å². The molecule has 8 heteroatoms. The minimum absolute atomic E-state index is 0.0330. The molecule has 1 aromatic carbocycles. The van der Waals surface area contributed by atoms with Crippen LogP contribution in [0.25, 0.3) is 11.3 Å². The first-order valence-electron chi connectivity index (χ1n) is 9.21. The Balaban J connectivity index is 1.48. The van der Waals surface area contributed by atoms with E-state index in [-0.39, 0.29) is 12.0 Å². The number of aromatic nitrogens is 3. The second-order valence-electron chi connectivity index (χ2n) is 6.74. The molecule has 3 aromatic rings. The van der Waals surface area contributed by atoms with E-state index >= 15 is 0 Å². The lowest BCUT2D eigenvalue weighted by atomic mass is 10.1. The van der Waals surface area contributed by atoms with Crippen LogP contribution in [0.4, 0.5) is 0 Å². The van der Waals surface area contributed by atoms with Gasteiger partial charge in [-0.25, -0.2) is 0 Å². The van der Waals surface area contributed by atoms with E-state index in [4.69, 9.17) is 14.2 Å². The molecule has 1 amide bonds. The molecule has 1 aliphatic rings. The Morgan fingerprint density at radius 1 is 1.10 bits per heavy atom. The monoisotopic (exact) mass is 394 g/mol. The molecule has 0 bridgehead atoms. The third-order valence-electron chi connectivity index (χ3n) is 4.85. The van der Waals surface area contributed by atoms with E-state index in [0.29, 0.717) is 41.7 Å². The third kappa shape index (κ3) is 3.73. The Bertz CT molecular complexity index is 1010. The van der Waals surface area contributed by atoms with Crippen molar-refractivity contribution in [1.82, 2.24) is 19.7 Å². The van der Waals surface area contributed by atoms with Gasteiger partial charge >= 0.3 is 0 Å². The number of hydrogen-bond donors (Lipinski definition) is 0. The maximum Gasteiger partial charge on any atom is 0.272 e. The summed E-state index contributed by atoms with van der Waals surface area (Å²) in [6, 6.07) is 10.9. The van der Waals surface area contributed by atoms with E-state index in [1.807, 2.05) is 30.3 Å². The number of carbonyl (C=O) groups is 1. The van der Waals surface area contributed by atoms with Crippen molar-refractivity contribution in [2.24, 2.45) is 7.05 Å². The number of hydrogen-bond acceptors (Lipinski definition) is 6. The van der Waals surface area contributed by atoms with Crippen LogP contribution in [0.15, 0.2) is 48.8 Å². The highest BCUT2D eigenvalue weighted by atomic mass is 16.5. The Hall–Kier alpha value is -3.55. The molecule has 0 N–H and O–H groups in total. The smallest absolute Gasteiger partial charge is 0.272 e. The van der Waals surface area contributed by atoms with Crippen LogP contribution in [0, 0.1) is 0 Å². The maximum atomic E-state index is 12.9. The molecule has 8 nitrogen and oxygen atoms in total. The van der Waals surface area contributed by atoms with Gasteiger partial charge in [-0.15, -0.1) is 0 Å². The molecule has 0 aliphatic carbocycles.